The minimum absolute atomic E-state index is 0. The van der Waals surface area contributed by atoms with Crippen LogP contribution in [-0.4, -0.2) is 38.1 Å². The minimum Gasteiger partial charge on any atom is -0.493 e. The van der Waals surface area contributed by atoms with Gasteiger partial charge in [0.05, 0.1) is 7.11 Å². The molecule has 2 amide bonds. The molecule has 1 saturated heterocycles. The van der Waals surface area contributed by atoms with Crippen molar-refractivity contribution in [3.8, 4) is 11.5 Å². The van der Waals surface area contributed by atoms with Gasteiger partial charge in [0, 0.05) is 23.7 Å². The maximum Gasteiger partial charge on any atom is 0.255 e. The highest BCUT2D eigenvalue weighted by molar-refractivity contribution is 5.93. The topological polar surface area (TPSA) is 103 Å². The molecule has 24 heavy (non-hydrogen) atoms. The first-order chi connectivity index (χ1) is 11.0. The van der Waals surface area contributed by atoms with Gasteiger partial charge in [0.1, 0.15) is 0 Å². The Bertz CT molecular complexity index is 582. The summed E-state index contributed by atoms with van der Waals surface area (Å²) in [6.07, 6.45) is 1.63. The van der Waals surface area contributed by atoms with Crippen molar-refractivity contribution >= 4 is 29.9 Å². The Kier molecular flexibility index (Phi) is 7.81. The molecule has 2 rings (SSSR count). The maximum atomic E-state index is 12.4. The molecule has 0 aromatic heterocycles. The molecule has 1 aromatic rings. The molecule has 1 aliphatic rings. The first-order valence-corrected chi connectivity index (χ1v) is 7.63. The number of rotatable bonds is 6. The molecule has 8 heteroatoms. The average Bonchev–Trinajstić information content (AvgIpc) is 2.53. The summed E-state index contributed by atoms with van der Waals surface area (Å²) in [5.41, 5.74) is 5.68. The fourth-order valence-electron chi connectivity index (χ4n) is 2.63. The van der Waals surface area contributed by atoms with E-state index in [2.05, 4.69) is 17.6 Å². The maximum absolute atomic E-state index is 12.4. The molecule has 1 aliphatic heterocycles. The van der Waals surface area contributed by atoms with Crippen LogP contribution in [0, 0.1) is 5.92 Å². The van der Waals surface area contributed by atoms with E-state index in [1.807, 2.05) is 0 Å². The second kappa shape index (κ2) is 9.34. The molecule has 134 valence electrons. The monoisotopic (exact) mass is 357 g/mol. The zero-order valence-electron chi connectivity index (χ0n) is 13.8. The van der Waals surface area contributed by atoms with Crippen molar-refractivity contribution in [3.05, 3.63) is 18.2 Å². The number of benzene rings is 1. The van der Waals surface area contributed by atoms with E-state index in [0.717, 1.165) is 19.4 Å². The molecule has 7 nitrogen and oxygen atoms in total. The number of ether oxygens (including phenoxy) is 2. The van der Waals surface area contributed by atoms with Crippen LogP contribution in [0.5, 0.6) is 11.5 Å². The van der Waals surface area contributed by atoms with Gasteiger partial charge in [-0.25, -0.2) is 0 Å². The van der Waals surface area contributed by atoms with Gasteiger partial charge in [-0.15, -0.1) is 12.4 Å². The molecule has 4 N–H and O–H groups in total. The molecule has 2 atom stereocenters. The molecule has 1 heterocycles. The third kappa shape index (κ3) is 5.58. The van der Waals surface area contributed by atoms with E-state index in [1.165, 1.54) is 7.11 Å². The first kappa shape index (κ1) is 20.1. The highest BCUT2D eigenvalue weighted by atomic mass is 35.5. The van der Waals surface area contributed by atoms with E-state index in [0.29, 0.717) is 23.2 Å². The van der Waals surface area contributed by atoms with Crippen LogP contribution in [-0.2, 0) is 9.59 Å². The van der Waals surface area contributed by atoms with Gasteiger partial charge < -0.3 is 25.8 Å². The summed E-state index contributed by atoms with van der Waals surface area (Å²) in [5, 5.41) is 6.21. The number of primary amides is 1. The quantitative estimate of drug-likeness (QED) is 0.712. The molecular weight excluding hydrogens is 334 g/mol. The summed E-state index contributed by atoms with van der Waals surface area (Å²) >= 11 is 0. The molecule has 0 bridgehead atoms. The van der Waals surface area contributed by atoms with Crippen LogP contribution in [0.1, 0.15) is 19.8 Å². The molecule has 0 saturated carbocycles. The van der Waals surface area contributed by atoms with Crippen molar-refractivity contribution in [1.29, 1.82) is 0 Å². The third-order valence-electron chi connectivity index (χ3n) is 3.80. The molecular formula is C16H24ClN3O4. The molecule has 1 fully saturated rings. The van der Waals surface area contributed by atoms with E-state index in [9.17, 15) is 9.59 Å². The van der Waals surface area contributed by atoms with Crippen molar-refractivity contribution in [2.45, 2.75) is 25.8 Å². The lowest BCUT2D eigenvalue weighted by Gasteiger charge is -2.27. The first-order valence-electron chi connectivity index (χ1n) is 7.63. The number of hydrogen-bond donors (Lipinski definition) is 3. The smallest absolute Gasteiger partial charge is 0.255 e. The second-order valence-electron chi connectivity index (χ2n) is 5.69. The summed E-state index contributed by atoms with van der Waals surface area (Å²) in [5.74, 6) is 0.236. The number of carbonyl (C=O) groups is 2. The number of nitrogens with one attached hydrogen (secondary N) is 2. The van der Waals surface area contributed by atoms with Gasteiger partial charge >= 0.3 is 0 Å². The summed E-state index contributed by atoms with van der Waals surface area (Å²) in [6.45, 7) is 2.66. The van der Waals surface area contributed by atoms with E-state index in [1.54, 1.807) is 18.2 Å². The van der Waals surface area contributed by atoms with Gasteiger partial charge in [-0.1, -0.05) is 0 Å². The van der Waals surface area contributed by atoms with Crippen molar-refractivity contribution < 1.29 is 19.1 Å². The summed E-state index contributed by atoms with van der Waals surface area (Å²) in [4.78, 5) is 23.2. The van der Waals surface area contributed by atoms with Crippen LogP contribution in [0.15, 0.2) is 18.2 Å². The largest absolute Gasteiger partial charge is 0.493 e. The van der Waals surface area contributed by atoms with Crippen molar-refractivity contribution in [1.82, 2.24) is 5.32 Å². The Morgan fingerprint density at radius 2 is 2.12 bits per heavy atom. The standard InChI is InChI=1S/C16H23N3O4.ClH/c1-10-7-11(5-6-18-10)16(21)19-12-3-4-13(22-2)14(8-12)23-9-15(17)20;/h3-4,8,10-11,18H,5-7,9H2,1-2H3,(H2,17,20)(H,19,21);1H/t10-,11-;/m0./s1. The number of halogens is 1. The van der Waals surface area contributed by atoms with E-state index >= 15 is 0 Å². The predicted octanol–water partition coefficient (Wildman–Crippen LogP) is 1.31. The van der Waals surface area contributed by atoms with Gasteiger partial charge in [0.25, 0.3) is 5.91 Å². The van der Waals surface area contributed by atoms with Crippen LogP contribution < -0.4 is 25.8 Å². The summed E-state index contributed by atoms with van der Waals surface area (Å²) in [7, 11) is 1.50. The van der Waals surface area contributed by atoms with E-state index in [4.69, 9.17) is 15.2 Å². The van der Waals surface area contributed by atoms with Gasteiger partial charge in [-0.05, 0) is 38.4 Å². The third-order valence-corrected chi connectivity index (χ3v) is 3.80. The lowest BCUT2D eigenvalue weighted by atomic mass is 9.92. The Hall–Kier alpha value is -1.99. The minimum atomic E-state index is -0.579. The van der Waals surface area contributed by atoms with Crippen LogP contribution in [0.3, 0.4) is 0 Å². The number of hydrogen-bond acceptors (Lipinski definition) is 5. The zero-order valence-corrected chi connectivity index (χ0v) is 14.7. The zero-order chi connectivity index (χ0) is 16.8. The van der Waals surface area contributed by atoms with Gasteiger partial charge in [0.15, 0.2) is 18.1 Å². The fraction of sp³-hybridized carbons (Fsp3) is 0.500. The number of nitrogens with two attached hydrogens (primary N) is 1. The van der Waals surface area contributed by atoms with Crippen LogP contribution in [0.25, 0.3) is 0 Å². The molecule has 0 unspecified atom stereocenters. The Labute approximate surface area is 147 Å². The van der Waals surface area contributed by atoms with E-state index < -0.39 is 5.91 Å². The lowest BCUT2D eigenvalue weighted by Crippen LogP contribution is -2.40. The van der Waals surface area contributed by atoms with Crippen LogP contribution in [0.4, 0.5) is 5.69 Å². The highest BCUT2D eigenvalue weighted by Gasteiger charge is 2.24. The SMILES string of the molecule is COc1ccc(NC(=O)[C@H]2CCN[C@@H](C)C2)cc1OCC(N)=O.Cl. The van der Waals surface area contributed by atoms with Crippen molar-refractivity contribution in [2.24, 2.45) is 11.7 Å². The number of carbonyl (C=O) groups excluding carboxylic acids is 2. The molecule has 1 aromatic carbocycles. The Morgan fingerprint density at radius 1 is 1.38 bits per heavy atom. The molecule has 0 spiro atoms. The Morgan fingerprint density at radius 3 is 2.75 bits per heavy atom. The predicted molar refractivity (Wildman–Crippen MR) is 93.7 cm³/mol. The lowest BCUT2D eigenvalue weighted by molar-refractivity contribution is -0.121. The molecule has 0 radical (unpaired) electrons. The van der Waals surface area contributed by atoms with Gasteiger partial charge in [-0.3, -0.25) is 9.59 Å². The van der Waals surface area contributed by atoms with Gasteiger partial charge in [0.2, 0.25) is 5.91 Å². The van der Waals surface area contributed by atoms with Gasteiger partial charge in [-0.2, -0.15) is 0 Å². The number of amides is 2. The number of piperidine rings is 1. The van der Waals surface area contributed by atoms with Crippen LogP contribution in [0.2, 0.25) is 0 Å². The summed E-state index contributed by atoms with van der Waals surface area (Å²) < 4.78 is 10.5. The molecule has 0 aliphatic carbocycles. The second-order valence-corrected chi connectivity index (χ2v) is 5.69. The van der Waals surface area contributed by atoms with Crippen molar-refractivity contribution in [2.75, 3.05) is 25.6 Å². The fourth-order valence-corrected chi connectivity index (χ4v) is 2.63. The van der Waals surface area contributed by atoms with Crippen LogP contribution >= 0.6 is 12.4 Å². The average molecular weight is 358 g/mol. The van der Waals surface area contributed by atoms with E-state index in [-0.39, 0.29) is 30.8 Å². The summed E-state index contributed by atoms with van der Waals surface area (Å²) in [6, 6.07) is 5.38. The Balaban J connectivity index is 0.00000288. The number of methoxy groups -OCH3 is 1. The van der Waals surface area contributed by atoms with Crippen molar-refractivity contribution in [3.63, 3.8) is 0 Å². The number of anilines is 1. The normalized spacial score (nSPS) is 19.8. The highest BCUT2D eigenvalue weighted by Crippen LogP contribution is 2.30.